The normalized spacial score (nSPS) is 18.3. The van der Waals surface area contributed by atoms with Crippen LogP contribution in [0.25, 0.3) is 10.9 Å². The molecule has 1 amide bonds. The van der Waals surface area contributed by atoms with Gasteiger partial charge in [-0.3, -0.25) is 14.2 Å². The van der Waals surface area contributed by atoms with Gasteiger partial charge >= 0.3 is 0 Å². The maximum Gasteiger partial charge on any atom is 0.261 e. The Morgan fingerprint density at radius 2 is 2.22 bits per heavy atom. The van der Waals surface area contributed by atoms with E-state index in [1.54, 1.807) is 12.1 Å². The van der Waals surface area contributed by atoms with Gasteiger partial charge in [0, 0.05) is 17.1 Å². The van der Waals surface area contributed by atoms with Crippen LogP contribution in [0.2, 0.25) is 0 Å². The molecule has 5 nitrogen and oxygen atoms in total. The van der Waals surface area contributed by atoms with Crippen molar-refractivity contribution in [2.24, 2.45) is 0 Å². The van der Waals surface area contributed by atoms with Crippen molar-refractivity contribution in [3.8, 4) is 0 Å². The third-order valence-electron chi connectivity index (χ3n) is 4.51. The highest BCUT2D eigenvalue weighted by atomic mass is 79.9. The van der Waals surface area contributed by atoms with E-state index in [2.05, 4.69) is 27.8 Å². The topological polar surface area (TPSA) is 55.2 Å². The molecule has 1 aliphatic rings. The van der Waals surface area contributed by atoms with E-state index in [1.807, 2.05) is 11.0 Å². The van der Waals surface area contributed by atoms with Gasteiger partial charge in [0.2, 0.25) is 5.91 Å². The van der Waals surface area contributed by atoms with Gasteiger partial charge in [0.1, 0.15) is 6.54 Å². The molecule has 1 aliphatic heterocycles. The summed E-state index contributed by atoms with van der Waals surface area (Å²) < 4.78 is 2.24. The third kappa shape index (κ3) is 3.32. The molecule has 1 unspecified atom stereocenters. The number of rotatable bonds is 3. The van der Waals surface area contributed by atoms with E-state index in [4.69, 9.17) is 0 Å². The fraction of sp³-hybridized carbons (Fsp3) is 0.471. The highest BCUT2D eigenvalue weighted by Gasteiger charge is 2.25. The minimum atomic E-state index is -0.172. The molecule has 0 saturated carbocycles. The van der Waals surface area contributed by atoms with E-state index in [0.717, 1.165) is 30.3 Å². The van der Waals surface area contributed by atoms with Crippen molar-refractivity contribution in [1.82, 2.24) is 14.5 Å². The number of carbonyl (C=O) groups excluding carboxylic acids is 1. The molecular weight excluding hydrogens is 358 g/mol. The SMILES string of the molecule is CCC1CCCCN1C(=O)Cn1cnc2ccc(Br)cc2c1=O. The van der Waals surface area contributed by atoms with Crippen molar-refractivity contribution < 1.29 is 4.79 Å². The molecule has 2 aromatic rings. The summed E-state index contributed by atoms with van der Waals surface area (Å²) in [7, 11) is 0. The first-order valence-electron chi connectivity index (χ1n) is 8.04. The van der Waals surface area contributed by atoms with Gasteiger partial charge in [0.25, 0.3) is 5.56 Å². The number of likely N-dealkylation sites (tertiary alicyclic amines) is 1. The molecule has 1 atom stereocenters. The molecule has 2 heterocycles. The fourth-order valence-corrected chi connectivity index (χ4v) is 3.59. The first-order chi connectivity index (χ1) is 11.1. The van der Waals surface area contributed by atoms with E-state index in [-0.39, 0.29) is 18.0 Å². The molecular formula is C17H20BrN3O2. The molecule has 0 N–H and O–H groups in total. The van der Waals surface area contributed by atoms with Crippen LogP contribution >= 0.6 is 15.9 Å². The summed E-state index contributed by atoms with van der Waals surface area (Å²) in [5.41, 5.74) is 0.473. The summed E-state index contributed by atoms with van der Waals surface area (Å²) >= 11 is 3.37. The Labute approximate surface area is 143 Å². The summed E-state index contributed by atoms with van der Waals surface area (Å²) in [5, 5.41) is 0.528. The van der Waals surface area contributed by atoms with Gasteiger partial charge in [0.05, 0.1) is 17.2 Å². The Morgan fingerprint density at radius 1 is 1.39 bits per heavy atom. The second-order valence-electron chi connectivity index (χ2n) is 5.98. The van der Waals surface area contributed by atoms with E-state index in [1.165, 1.54) is 17.3 Å². The first kappa shape index (κ1) is 16.2. The molecule has 1 aromatic heterocycles. The van der Waals surface area contributed by atoms with Crippen LogP contribution in [0.1, 0.15) is 32.6 Å². The Morgan fingerprint density at radius 3 is 3.00 bits per heavy atom. The smallest absolute Gasteiger partial charge is 0.261 e. The van der Waals surface area contributed by atoms with Crippen LogP contribution in [0.4, 0.5) is 0 Å². The minimum absolute atomic E-state index is 0.00907. The Hall–Kier alpha value is -1.69. The zero-order valence-corrected chi connectivity index (χ0v) is 14.8. The third-order valence-corrected chi connectivity index (χ3v) is 5.00. The van der Waals surface area contributed by atoms with Crippen molar-refractivity contribution in [3.05, 3.63) is 39.4 Å². The average molecular weight is 378 g/mol. The number of carbonyl (C=O) groups is 1. The van der Waals surface area contributed by atoms with Gasteiger partial charge < -0.3 is 4.90 Å². The van der Waals surface area contributed by atoms with E-state index < -0.39 is 0 Å². The fourth-order valence-electron chi connectivity index (χ4n) is 3.23. The molecule has 1 aromatic carbocycles. The molecule has 3 rings (SSSR count). The Kier molecular flexibility index (Phi) is 4.80. The predicted octanol–water partition coefficient (Wildman–Crippen LogP) is 2.95. The van der Waals surface area contributed by atoms with Crippen LogP contribution in [0.5, 0.6) is 0 Å². The van der Waals surface area contributed by atoms with Crippen molar-refractivity contribution in [3.63, 3.8) is 0 Å². The standard InChI is InChI=1S/C17H20BrN3O2/c1-2-13-5-3-4-8-21(13)16(22)10-20-11-19-15-7-6-12(18)9-14(15)17(20)23/h6-7,9,11,13H,2-5,8,10H2,1H3. The summed E-state index contributed by atoms with van der Waals surface area (Å²) in [5.74, 6) is 0.00907. The van der Waals surface area contributed by atoms with Crippen LogP contribution in [-0.2, 0) is 11.3 Å². The predicted molar refractivity (Wildman–Crippen MR) is 93.3 cm³/mol. The molecule has 1 fully saturated rings. The van der Waals surface area contributed by atoms with Gasteiger partial charge in [-0.25, -0.2) is 4.98 Å². The van der Waals surface area contributed by atoms with Gasteiger partial charge in [-0.05, 0) is 43.9 Å². The quantitative estimate of drug-likeness (QED) is 0.825. The lowest BCUT2D eigenvalue weighted by Gasteiger charge is -2.35. The van der Waals surface area contributed by atoms with Crippen LogP contribution in [0.15, 0.2) is 33.8 Å². The molecule has 23 heavy (non-hydrogen) atoms. The number of fused-ring (bicyclic) bond motifs is 1. The molecule has 1 saturated heterocycles. The molecule has 122 valence electrons. The maximum absolute atomic E-state index is 12.6. The van der Waals surface area contributed by atoms with Crippen LogP contribution in [0, 0.1) is 0 Å². The van der Waals surface area contributed by atoms with Crippen LogP contribution in [0.3, 0.4) is 0 Å². The van der Waals surface area contributed by atoms with E-state index in [0.29, 0.717) is 16.9 Å². The number of hydrogen-bond acceptors (Lipinski definition) is 3. The zero-order valence-electron chi connectivity index (χ0n) is 13.2. The van der Waals surface area contributed by atoms with Crippen molar-refractivity contribution >= 4 is 32.7 Å². The molecule has 0 bridgehead atoms. The monoisotopic (exact) mass is 377 g/mol. The number of halogens is 1. The minimum Gasteiger partial charge on any atom is -0.338 e. The lowest BCUT2D eigenvalue weighted by molar-refractivity contribution is -0.135. The summed E-state index contributed by atoms with van der Waals surface area (Å²) in [6, 6.07) is 5.70. The largest absolute Gasteiger partial charge is 0.338 e. The molecule has 0 aliphatic carbocycles. The number of hydrogen-bond donors (Lipinski definition) is 0. The average Bonchev–Trinajstić information content (AvgIpc) is 2.57. The molecule has 0 radical (unpaired) electrons. The van der Waals surface area contributed by atoms with E-state index >= 15 is 0 Å². The highest BCUT2D eigenvalue weighted by Crippen LogP contribution is 2.20. The van der Waals surface area contributed by atoms with Crippen LogP contribution in [-0.4, -0.2) is 32.9 Å². The Balaban J connectivity index is 1.87. The van der Waals surface area contributed by atoms with E-state index in [9.17, 15) is 9.59 Å². The zero-order chi connectivity index (χ0) is 16.4. The maximum atomic E-state index is 12.6. The number of amides is 1. The second-order valence-corrected chi connectivity index (χ2v) is 6.90. The van der Waals surface area contributed by atoms with Crippen molar-refractivity contribution in [2.45, 2.75) is 45.2 Å². The lowest BCUT2D eigenvalue weighted by Crippen LogP contribution is -2.45. The summed E-state index contributed by atoms with van der Waals surface area (Å²) in [6.07, 6.45) is 5.71. The van der Waals surface area contributed by atoms with Gasteiger partial charge in [-0.15, -0.1) is 0 Å². The second kappa shape index (κ2) is 6.83. The van der Waals surface area contributed by atoms with Gasteiger partial charge in [0.15, 0.2) is 0 Å². The van der Waals surface area contributed by atoms with Gasteiger partial charge in [-0.2, -0.15) is 0 Å². The summed E-state index contributed by atoms with van der Waals surface area (Å²) in [4.78, 5) is 31.4. The number of nitrogens with zero attached hydrogens (tertiary/aromatic N) is 3. The van der Waals surface area contributed by atoms with Crippen molar-refractivity contribution in [1.29, 1.82) is 0 Å². The highest BCUT2D eigenvalue weighted by molar-refractivity contribution is 9.10. The number of piperidine rings is 1. The Bertz CT molecular complexity index is 787. The van der Waals surface area contributed by atoms with Gasteiger partial charge in [-0.1, -0.05) is 22.9 Å². The molecule has 6 heteroatoms. The summed E-state index contributed by atoms with van der Waals surface area (Å²) in [6.45, 7) is 2.96. The lowest BCUT2D eigenvalue weighted by atomic mass is 10.00. The number of aromatic nitrogens is 2. The first-order valence-corrected chi connectivity index (χ1v) is 8.83. The number of benzene rings is 1. The molecule has 0 spiro atoms. The van der Waals surface area contributed by atoms with Crippen LogP contribution < -0.4 is 5.56 Å². The van der Waals surface area contributed by atoms with Crippen molar-refractivity contribution in [2.75, 3.05) is 6.54 Å².